The van der Waals surface area contributed by atoms with Crippen molar-refractivity contribution >= 4 is 52.6 Å². The molecule has 3 aliphatic rings. The van der Waals surface area contributed by atoms with Crippen molar-refractivity contribution in [2.75, 3.05) is 32.0 Å². The largest absolute Gasteiger partial charge is 0.493 e. The van der Waals surface area contributed by atoms with Gasteiger partial charge in [-0.3, -0.25) is 39.0 Å². The Kier molecular flexibility index (Phi) is 13.8. The topological polar surface area (TPSA) is 223 Å². The van der Waals surface area contributed by atoms with Crippen LogP contribution in [0.1, 0.15) is 108 Å². The number of nitrogen functional groups attached to an aromatic ring is 1. The molecule has 2 saturated heterocycles. The van der Waals surface area contributed by atoms with Crippen LogP contribution in [-0.4, -0.2) is 98.2 Å². The van der Waals surface area contributed by atoms with Crippen LogP contribution < -0.4 is 25.8 Å². The van der Waals surface area contributed by atoms with E-state index in [1.54, 1.807) is 43.5 Å². The molecular weight excluding hydrogens is 827 g/mol. The number of fused-ring (bicyclic) bond motifs is 1. The molecular formula is C46H49N7O9S. The van der Waals surface area contributed by atoms with Crippen molar-refractivity contribution in [1.29, 1.82) is 0 Å². The number of carbonyl (C=O) groups is 6. The summed E-state index contributed by atoms with van der Waals surface area (Å²) in [6.07, 6.45) is 6.58. The second-order valence-corrected chi connectivity index (χ2v) is 17.2. The first-order valence-corrected chi connectivity index (χ1v) is 21.8. The molecule has 1 atom stereocenters. The summed E-state index contributed by atoms with van der Waals surface area (Å²) >= 11 is 1.59. The lowest BCUT2D eigenvalue weighted by Gasteiger charge is -2.31. The number of nitrogens with zero attached hydrogens (tertiary/aromatic N) is 4. The van der Waals surface area contributed by atoms with Crippen LogP contribution in [0.25, 0.3) is 10.4 Å². The maximum absolute atomic E-state index is 13.3. The number of nitrogens with one attached hydrogen (secondary N) is 2. The number of carbonyl (C=O) groups excluding carboxylic acids is 6. The summed E-state index contributed by atoms with van der Waals surface area (Å²) < 4.78 is 11.9. The van der Waals surface area contributed by atoms with Crippen LogP contribution >= 0.6 is 11.3 Å². The molecule has 17 heteroatoms. The molecule has 2 aromatic heterocycles. The highest BCUT2D eigenvalue weighted by molar-refractivity contribution is 7.15. The van der Waals surface area contributed by atoms with E-state index in [4.69, 9.17) is 20.2 Å². The molecule has 3 aliphatic heterocycles. The van der Waals surface area contributed by atoms with Gasteiger partial charge in [-0.25, -0.2) is 9.97 Å². The zero-order valence-corrected chi connectivity index (χ0v) is 35.9. The Hall–Kier alpha value is -6.64. The van der Waals surface area contributed by atoms with E-state index in [-0.39, 0.29) is 85.9 Å². The fraction of sp³-hybridized carbons (Fsp3) is 0.391. The molecule has 6 amide bonds. The summed E-state index contributed by atoms with van der Waals surface area (Å²) in [6, 6.07) is 13.1. The zero-order valence-electron chi connectivity index (χ0n) is 35.1. The summed E-state index contributed by atoms with van der Waals surface area (Å²) in [6.45, 7) is 5.13. The van der Waals surface area contributed by atoms with Gasteiger partial charge in [0.1, 0.15) is 24.0 Å². The number of hydrogen-bond acceptors (Lipinski definition) is 13. The van der Waals surface area contributed by atoms with E-state index in [9.17, 15) is 33.9 Å². The number of benzene rings is 2. The van der Waals surface area contributed by atoms with Crippen LogP contribution in [0.5, 0.6) is 11.5 Å². The molecule has 2 aromatic carbocycles. The molecule has 5 heterocycles. The lowest BCUT2D eigenvalue weighted by atomic mass is 9.97. The third-order valence-corrected chi connectivity index (χ3v) is 12.1. The maximum atomic E-state index is 13.3. The van der Waals surface area contributed by atoms with Crippen LogP contribution in [0.15, 0.2) is 60.9 Å². The average Bonchev–Trinajstić information content (AvgIpc) is 3.85. The highest BCUT2D eigenvalue weighted by atomic mass is 32.1. The Morgan fingerprint density at radius 1 is 0.968 bits per heavy atom. The fourth-order valence-corrected chi connectivity index (χ4v) is 8.61. The second kappa shape index (κ2) is 19.6. The fourth-order valence-electron chi connectivity index (χ4n) is 7.55. The average molecular weight is 876 g/mol. The van der Waals surface area contributed by atoms with E-state index in [0.29, 0.717) is 31.7 Å². The molecule has 0 saturated carbocycles. The van der Waals surface area contributed by atoms with Gasteiger partial charge in [-0.15, -0.1) is 11.3 Å². The molecule has 0 bridgehead atoms. The number of thiazole rings is 1. The summed E-state index contributed by atoms with van der Waals surface area (Å²) in [5.41, 5.74) is 7.79. The van der Waals surface area contributed by atoms with Gasteiger partial charge in [0.05, 0.1) is 27.6 Å². The monoisotopic (exact) mass is 875 g/mol. The molecule has 1 unspecified atom stereocenters. The molecule has 7 rings (SSSR count). The lowest BCUT2D eigenvalue weighted by Crippen LogP contribution is -2.54. The van der Waals surface area contributed by atoms with Crippen molar-refractivity contribution < 1.29 is 43.3 Å². The quantitative estimate of drug-likeness (QED) is 0.0744. The van der Waals surface area contributed by atoms with Gasteiger partial charge in [0.15, 0.2) is 11.6 Å². The molecule has 5 N–H and O–H groups in total. The van der Waals surface area contributed by atoms with E-state index in [0.717, 1.165) is 44.3 Å². The number of rotatable bonds is 15. The van der Waals surface area contributed by atoms with Crippen LogP contribution in [0.4, 0.5) is 5.82 Å². The van der Waals surface area contributed by atoms with E-state index < -0.39 is 35.3 Å². The first-order chi connectivity index (χ1) is 30.2. The highest BCUT2D eigenvalue weighted by Crippen LogP contribution is 2.37. The minimum Gasteiger partial charge on any atom is -0.493 e. The van der Waals surface area contributed by atoms with Gasteiger partial charge in [0.25, 0.3) is 11.8 Å². The van der Waals surface area contributed by atoms with Crippen molar-refractivity contribution in [1.82, 2.24) is 30.4 Å². The van der Waals surface area contributed by atoms with E-state index in [2.05, 4.69) is 27.5 Å². The van der Waals surface area contributed by atoms with Gasteiger partial charge in [0.2, 0.25) is 23.6 Å². The Balaban J connectivity index is 0.798. The van der Waals surface area contributed by atoms with Crippen LogP contribution in [-0.2, 0) is 25.8 Å². The first kappa shape index (κ1) is 44.4. The molecule has 0 radical (unpaired) electrons. The molecule has 0 aliphatic carbocycles. The first-order valence-electron chi connectivity index (χ1n) is 20.9. The summed E-state index contributed by atoms with van der Waals surface area (Å²) in [5, 5.41) is 15.9. The van der Waals surface area contributed by atoms with Gasteiger partial charge < -0.3 is 30.5 Å². The van der Waals surface area contributed by atoms with Crippen LogP contribution in [0.3, 0.4) is 0 Å². The van der Waals surface area contributed by atoms with E-state index >= 15 is 0 Å². The van der Waals surface area contributed by atoms with Crippen molar-refractivity contribution in [2.24, 2.45) is 0 Å². The SMILES string of the molecule is CC(C)(O)C#Cc1cccc(COc2cc(-c3cnc(C4CCN(C(=O)CCNC(=O)CCCCOc5cccc6c5C(=O)N(C5CCC(=O)NC5=O)C6=O)CC4)s3)cnc2N)c1. The van der Waals surface area contributed by atoms with E-state index in [1.807, 2.05) is 41.4 Å². The molecule has 4 aromatic rings. The van der Waals surface area contributed by atoms with Crippen molar-refractivity contribution in [3.05, 3.63) is 88.2 Å². The molecule has 63 heavy (non-hydrogen) atoms. The standard InChI is InChI=1S/C46H49N7O9S/c1-46(2,60)18-14-28-7-5-8-29(23-28)27-62-35-24-31(25-49-41(35)47)36-26-50-43(63-36)30-16-20-52(21-17-30)39(56)15-19-48-37(54)11-3-4-22-61-34-10-6-9-32-40(34)45(59)53(44(32)58)33-12-13-38(55)51-42(33)57/h5-10,23-26,30,33,60H,3-4,11-13,15-17,19-22,27H2,1-2H3,(H2,47,49)(H,48,54)(H,51,55,57). The van der Waals surface area contributed by atoms with Crippen molar-refractivity contribution in [2.45, 2.75) is 89.4 Å². The summed E-state index contributed by atoms with van der Waals surface area (Å²) in [4.78, 5) is 88.6. The van der Waals surface area contributed by atoms with Crippen molar-refractivity contribution in [3.8, 4) is 33.8 Å². The number of imide groups is 2. The summed E-state index contributed by atoms with van der Waals surface area (Å²) in [5.74, 6) is 4.37. The maximum Gasteiger partial charge on any atom is 0.266 e. The Morgan fingerprint density at radius 2 is 1.76 bits per heavy atom. The number of ether oxygens (including phenoxy) is 2. The van der Waals surface area contributed by atoms with Crippen molar-refractivity contribution in [3.63, 3.8) is 0 Å². The minimum atomic E-state index is -1.09. The predicted octanol–water partition coefficient (Wildman–Crippen LogP) is 4.35. The van der Waals surface area contributed by atoms with Crippen LogP contribution in [0, 0.1) is 11.8 Å². The summed E-state index contributed by atoms with van der Waals surface area (Å²) in [7, 11) is 0. The predicted molar refractivity (Wildman–Crippen MR) is 232 cm³/mol. The van der Waals surface area contributed by atoms with Crippen LogP contribution in [0.2, 0.25) is 0 Å². The number of likely N-dealkylation sites (tertiary alicyclic amines) is 1. The number of amides is 6. The Bertz CT molecular complexity index is 2480. The smallest absolute Gasteiger partial charge is 0.266 e. The van der Waals surface area contributed by atoms with Gasteiger partial charge in [-0.05, 0) is 81.8 Å². The Labute approximate surface area is 368 Å². The number of pyridine rings is 1. The van der Waals surface area contributed by atoms with Gasteiger partial charge in [0, 0.05) is 68.3 Å². The lowest BCUT2D eigenvalue weighted by molar-refractivity contribution is -0.136. The molecule has 16 nitrogen and oxygen atoms in total. The number of nitrogens with two attached hydrogens (primary N) is 1. The number of hydrogen-bond donors (Lipinski definition) is 4. The number of anilines is 1. The van der Waals surface area contributed by atoms with Gasteiger partial charge in [-0.1, -0.05) is 30.0 Å². The molecule has 0 spiro atoms. The van der Waals surface area contributed by atoms with E-state index in [1.165, 1.54) is 6.07 Å². The number of unbranched alkanes of at least 4 members (excludes halogenated alkanes) is 1. The number of aliphatic hydroxyl groups is 1. The normalized spacial score (nSPS) is 16.6. The molecule has 2 fully saturated rings. The van der Waals surface area contributed by atoms with Gasteiger partial charge >= 0.3 is 0 Å². The third-order valence-electron chi connectivity index (χ3n) is 10.9. The third kappa shape index (κ3) is 11.1. The zero-order chi connectivity index (χ0) is 44.7. The van der Waals surface area contributed by atoms with Gasteiger partial charge in [-0.2, -0.15) is 0 Å². The number of aromatic nitrogens is 2. The minimum absolute atomic E-state index is 0.0178. The Morgan fingerprint density at radius 3 is 2.54 bits per heavy atom. The molecule has 328 valence electrons. The second-order valence-electron chi connectivity index (χ2n) is 16.2. The number of piperidine rings is 2. The highest BCUT2D eigenvalue weighted by Gasteiger charge is 2.46.